The van der Waals surface area contributed by atoms with E-state index in [1.165, 1.54) is 24.3 Å². The normalized spacial score (nSPS) is 11.4. The molecule has 0 fully saturated rings. The van der Waals surface area contributed by atoms with Gasteiger partial charge >= 0.3 is 0 Å². The standard InChI is InChI=1S/C14H14F2N2O2S/c1-17-9-10-2-3-12(16)8-14(10)21(19,20)18-13-6-4-11(15)5-7-13/h2-8,17-18H,9H2,1H3. The maximum atomic E-state index is 13.3. The van der Waals surface area contributed by atoms with E-state index in [0.29, 0.717) is 5.56 Å². The average molecular weight is 312 g/mol. The van der Waals surface area contributed by atoms with Crippen LogP contribution in [-0.2, 0) is 16.6 Å². The van der Waals surface area contributed by atoms with Crippen LogP contribution < -0.4 is 10.0 Å². The van der Waals surface area contributed by atoms with E-state index in [1.54, 1.807) is 7.05 Å². The number of hydrogen-bond donors (Lipinski definition) is 2. The zero-order valence-electron chi connectivity index (χ0n) is 11.2. The van der Waals surface area contributed by atoms with Crippen molar-refractivity contribution in [3.63, 3.8) is 0 Å². The summed E-state index contributed by atoms with van der Waals surface area (Å²) in [5.41, 5.74) is 0.643. The fraction of sp³-hybridized carbons (Fsp3) is 0.143. The zero-order chi connectivity index (χ0) is 15.5. The van der Waals surface area contributed by atoms with Crippen molar-refractivity contribution in [3.05, 3.63) is 59.7 Å². The predicted molar refractivity (Wildman–Crippen MR) is 76.4 cm³/mol. The van der Waals surface area contributed by atoms with Gasteiger partial charge in [0.25, 0.3) is 10.0 Å². The number of nitrogens with one attached hydrogen (secondary N) is 2. The third-order valence-electron chi connectivity index (χ3n) is 2.78. The van der Waals surface area contributed by atoms with E-state index in [1.807, 2.05) is 0 Å². The van der Waals surface area contributed by atoms with E-state index in [-0.39, 0.29) is 17.1 Å². The Bertz CT molecular complexity index is 731. The fourth-order valence-electron chi connectivity index (χ4n) is 1.84. The van der Waals surface area contributed by atoms with Crippen molar-refractivity contribution in [2.45, 2.75) is 11.4 Å². The molecule has 112 valence electrons. The molecular weight excluding hydrogens is 298 g/mol. The predicted octanol–water partition coefficient (Wildman–Crippen LogP) is 2.49. The van der Waals surface area contributed by atoms with Crippen LogP contribution in [0.2, 0.25) is 0 Å². The summed E-state index contributed by atoms with van der Waals surface area (Å²) in [7, 11) is -2.29. The van der Waals surface area contributed by atoms with Crippen LogP contribution in [-0.4, -0.2) is 15.5 Å². The molecule has 0 saturated heterocycles. The van der Waals surface area contributed by atoms with Crippen LogP contribution in [0.25, 0.3) is 0 Å². The molecular formula is C14H14F2N2O2S. The fourth-order valence-corrected chi connectivity index (χ4v) is 3.15. The molecule has 0 aromatic heterocycles. The molecule has 2 aromatic rings. The van der Waals surface area contributed by atoms with Crippen LogP contribution in [0, 0.1) is 11.6 Å². The number of hydrogen-bond acceptors (Lipinski definition) is 3. The van der Waals surface area contributed by atoms with Crippen molar-refractivity contribution < 1.29 is 17.2 Å². The summed E-state index contributed by atoms with van der Waals surface area (Å²) in [5, 5.41) is 2.82. The molecule has 0 atom stereocenters. The Labute approximate surface area is 121 Å². The Morgan fingerprint density at radius 1 is 1.00 bits per heavy atom. The molecule has 0 aliphatic heterocycles. The Balaban J connectivity index is 2.39. The van der Waals surface area contributed by atoms with E-state index < -0.39 is 21.7 Å². The van der Waals surface area contributed by atoms with Crippen LogP contribution in [0.5, 0.6) is 0 Å². The number of halogens is 2. The van der Waals surface area contributed by atoms with Crippen LogP contribution in [0.4, 0.5) is 14.5 Å². The van der Waals surface area contributed by atoms with Gasteiger partial charge in [0, 0.05) is 12.2 Å². The molecule has 7 heteroatoms. The Hall–Kier alpha value is -1.99. The largest absolute Gasteiger partial charge is 0.316 e. The zero-order valence-corrected chi connectivity index (χ0v) is 12.0. The molecule has 4 nitrogen and oxygen atoms in total. The summed E-state index contributed by atoms with van der Waals surface area (Å²) in [6.07, 6.45) is 0. The third kappa shape index (κ3) is 3.77. The monoisotopic (exact) mass is 312 g/mol. The quantitative estimate of drug-likeness (QED) is 0.892. The number of benzene rings is 2. The second-order valence-electron chi connectivity index (χ2n) is 4.39. The Morgan fingerprint density at radius 3 is 2.24 bits per heavy atom. The van der Waals surface area contributed by atoms with E-state index in [2.05, 4.69) is 10.0 Å². The van der Waals surface area contributed by atoms with Crippen molar-refractivity contribution >= 4 is 15.7 Å². The average Bonchev–Trinajstić information content (AvgIpc) is 2.43. The maximum absolute atomic E-state index is 13.3. The molecule has 0 unspecified atom stereocenters. The Morgan fingerprint density at radius 2 is 1.62 bits per heavy atom. The van der Waals surface area contributed by atoms with Gasteiger partial charge in [-0.1, -0.05) is 6.07 Å². The molecule has 21 heavy (non-hydrogen) atoms. The molecule has 0 spiro atoms. The lowest BCUT2D eigenvalue weighted by atomic mass is 10.2. The van der Waals surface area contributed by atoms with Gasteiger partial charge in [-0.2, -0.15) is 0 Å². The van der Waals surface area contributed by atoms with E-state index in [4.69, 9.17) is 0 Å². The van der Waals surface area contributed by atoms with Crippen LogP contribution in [0.1, 0.15) is 5.56 Å². The molecule has 2 N–H and O–H groups in total. The summed E-state index contributed by atoms with van der Waals surface area (Å²) < 4.78 is 53.1. The molecule has 0 heterocycles. The molecule has 2 rings (SSSR count). The molecule has 0 aliphatic rings. The first-order valence-corrected chi connectivity index (χ1v) is 7.62. The van der Waals surface area contributed by atoms with Gasteiger partial charge in [0.1, 0.15) is 11.6 Å². The first kappa shape index (κ1) is 15.4. The minimum Gasteiger partial charge on any atom is -0.316 e. The highest BCUT2D eigenvalue weighted by Crippen LogP contribution is 2.21. The summed E-state index contributed by atoms with van der Waals surface area (Å²) in [5.74, 6) is -1.12. The Kier molecular flexibility index (Phi) is 4.54. The molecule has 0 radical (unpaired) electrons. The van der Waals surface area contributed by atoms with Gasteiger partial charge in [-0.15, -0.1) is 0 Å². The summed E-state index contributed by atoms with van der Waals surface area (Å²) >= 11 is 0. The van der Waals surface area contributed by atoms with E-state index >= 15 is 0 Å². The summed E-state index contributed by atoms with van der Waals surface area (Å²) in [6, 6.07) is 8.43. The lowest BCUT2D eigenvalue weighted by Crippen LogP contribution is -2.17. The number of sulfonamides is 1. The van der Waals surface area contributed by atoms with Gasteiger partial charge in [0.05, 0.1) is 4.90 Å². The van der Waals surface area contributed by atoms with Gasteiger partial charge in [-0.3, -0.25) is 4.72 Å². The van der Waals surface area contributed by atoms with E-state index in [9.17, 15) is 17.2 Å². The lowest BCUT2D eigenvalue weighted by molar-refractivity contribution is 0.592. The first-order chi connectivity index (χ1) is 9.92. The van der Waals surface area contributed by atoms with Crippen LogP contribution in [0.15, 0.2) is 47.4 Å². The third-order valence-corrected chi connectivity index (χ3v) is 4.25. The SMILES string of the molecule is CNCc1ccc(F)cc1S(=O)(=O)Nc1ccc(F)cc1. The van der Waals surface area contributed by atoms with E-state index in [0.717, 1.165) is 18.2 Å². The van der Waals surface area contributed by atoms with Crippen molar-refractivity contribution in [2.75, 3.05) is 11.8 Å². The molecule has 0 amide bonds. The van der Waals surface area contributed by atoms with Crippen LogP contribution >= 0.6 is 0 Å². The van der Waals surface area contributed by atoms with Crippen molar-refractivity contribution in [1.82, 2.24) is 5.32 Å². The molecule has 0 aliphatic carbocycles. The van der Waals surface area contributed by atoms with Gasteiger partial charge < -0.3 is 5.32 Å². The van der Waals surface area contributed by atoms with Gasteiger partial charge in [0.15, 0.2) is 0 Å². The molecule has 0 saturated carbocycles. The van der Waals surface area contributed by atoms with Crippen LogP contribution in [0.3, 0.4) is 0 Å². The molecule has 2 aromatic carbocycles. The second kappa shape index (κ2) is 6.19. The highest BCUT2D eigenvalue weighted by Gasteiger charge is 2.19. The minimum absolute atomic E-state index is 0.152. The van der Waals surface area contributed by atoms with Gasteiger partial charge in [-0.05, 0) is 49.0 Å². The highest BCUT2D eigenvalue weighted by atomic mass is 32.2. The highest BCUT2D eigenvalue weighted by molar-refractivity contribution is 7.92. The van der Waals surface area contributed by atoms with Gasteiger partial charge in [-0.25, -0.2) is 17.2 Å². The summed E-state index contributed by atoms with van der Waals surface area (Å²) in [6.45, 7) is 0.278. The lowest BCUT2D eigenvalue weighted by Gasteiger charge is -2.12. The van der Waals surface area contributed by atoms with Gasteiger partial charge in [0.2, 0.25) is 0 Å². The summed E-state index contributed by atoms with van der Waals surface area (Å²) in [4.78, 5) is -0.152. The number of anilines is 1. The van der Waals surface area contributed by atoms with Crippen molar-refractivity contribution in [2.24, 2.45) is 0 Å². The maximum Gasteiger partial charge on any atom is 0.262 e. The smallest absolute Gasteiger partial charge is 0.262 e. The topological polar surface area (TPSA) is 58.2 Å². The molecule has 0 bridgehead atoms. The van der Waals surface area contributed by atoms with Crippen molar-refractivity contribution in [1.29, 1.82) is 0 Å². The number of rotatable bonds is 5. The minimum atomic E-state index is -3.95. The van der Waals surface area contributed by atoms with Crippen molar-refractivity contribution in [3.8, 4) is 0 Å². The first-order valence-electron chi connectivity index (χ1n) is 6.14. The second-order valence-corrected chi connectivity index (χ2v) is 6.05.